The molecule has 7 heteroatoms. The summed E-state index contributed by atoms with van der Waals surface area (Å²) >= 11 is 0. The van der Waals surface area contributed by atoms with Crippen LogP contribution in [0.1, 0.15) is 39.5 Å². The highest BCUT2D eigenvalue weighted by Gasteiger charge is 2.26. The number of primary amides is 1. The number of nitrogens with two attached hydrogens (primary N) is 1. The number of hydrogen-bond acceptors (Lipinski definition) is 3. The number of carbonyl (C=O) groups is 2. The second-order valence-corrected chi connectivity index (χ2v) is 6.08. The number of piperidine rings is 1. The molecule has 0 aromatic carbocycles. The van der Waals surface area contributed by atoms with Crippen LogP contribution in [0.4, 0.5) is 0 Å². The van der Waals surface area contributed by atoms with E-state index in [-0.39, 0.29) is 5.91 Å². The molecule has 0 saturated carbocycles. The smallest absolute Gasteiger partial charge is 0.270 e. The van der Waals surface area contributed by atoms with Crippen molar-refractivity contribution in [1.29, 1.82) is 0 Å². The van der Waals surface area contributed by atoms with Gasteiger partial charge in [0.2, 0.25) is 5.91 Å². The molecule has 2 aromatic heterocycles. The number of likely N-dealkylation sites (tertiary alicyclic amines) is 1. The molecule has 1 unspecified atom stereocenters. The summed E-state index contributed by atoms with van der Waals surface area (Å²) < 4.78 is 2.02. The lowest BCUT2D eigenvalue weighted by Crippen LogP contribution is -2.40. The number of hydrogen-bond donors (Lipinski definition) is 2. The Kier molecular flexibility index (Phi) is 4.18. The first-order valence-electron chi connectivity index (χ1n) is 7.78. The third kappa shape index (κ3) is 3.28. The van der Waals surface area contributed by atoms with E-state index in [4.69, 9.17) is 5.73 Å². The van der Waals surface area contributed by atoms with Crippen molar-refractivity contribution in [2.45, 2.75) is 19.3 Å². The molecular formula is C16H21N5O2. The van der Waals surface area contributed by atoms with Crippen LogP contribution in [0.2, 0.25) is 0 Å². The Morgan fingerprint density at radius 1 is 1.48 bits per heavy atom. The van der Waals surface area contributed by atoms with Gasteiger partial charge in [-0.05, 0) is 24.8 Å². The number of nitrogens with zero attached hydrogens (tertiary/aromatic N) is 3. The second-order valence-electron chi connectivity index (χ2n) is 6.08. The number of rotatable bonds is 4. The van der Waals surface area contributed by atoms with Crippen LogP contribution in [0.5, 0.6) is 0 Å². The zero-order chi connectivity index (χ0) is 16.4. The maximum absolute atomic E-state index is 12.6. The van der Waals surface area contributed by atoms with E-state index in [0.717, 1.165) is 31.6 Å². The topological polar surface area (TPSA) is 97.0 Å². The number of aromatic amines is 1. The van der Waals surface area contributed by atoms with Crippen LogP contribution in [-0.2, 0) is 13.5 Å². The van der Waals surface area contributed by atoms with E-state index < -0.39 is 5.91 Å². The third-order valence-electron chi connectivity index (χ3n) is 4.40. The summed E-state index contributed by atoms with van der Waals surface area (Å²) in [6.45, 7) is 1.44. The van der Waals surface area contributed by atoms with Gasteiger partial charge >= 0.3 is 0 Å². The fourth-order valence-electron chi connectivity index (χ4n) is 3.10. The number of carbonyl (C=O) groups excluding carboxylic acids is 2. The molecule has 3 N–H and O–H groups in total. The quantitative estimate of drug-likeness (QED) is 0.878. The fraction of sp³-hybridized carbons (Fsp3) is 0.438. The van der Waals surface area contributed by atoms with E-state index in [1.54, 1.807) is 6.20 Å². The van der Waals surface area contributed by atoms with Gasteiger partial charge in [-0.25, -0.2) is 4.98 Å². The second kappa shape index (κ2) is 6.28. The first kappa shape index (κ1) is 15.3. The molecular weight excluding hydrogens is 294 g/mol. The summed E-state index contributed by atoms with van der Waals surface area (Å²) in [6.07, 6.45) is 8.14. The van der Waals surface area contributed by atoms with E-state index >= 15 is 0 Å². The predicted molar refractivity (Wildman–Crippen MR) is 84.9 cm³/mol. The van der Waals surface area contributed by atoms with Crippen LogP contribution in [0.3, 0.4) is 0 Å². The van der Waals surface area contributed by atoms with Gasteiger partial charge in [-0.3, -0.25) is 9.59 Å². The van der Waals surface area contributed by atoms with Gasteiger partial charge in [-0.2, -0.15) is 0 Å². The van der Waals surface area contributed by atoms with Gasteiger partial charge in [0.15, 0.2) is 0 Å². The minimum absolute atomic E-state index is 0.0814. The van der Waals surface area contributed by atoms with Crippen molar-refractivity contribution in [3.63, 3.8) is 0 Å². The van der Waals surface area contributed by atoms with Crippen molar-refractivity contribution in [3.05, 3.63) is 41.7 Å². The Labute approximate surface area is 134 Å². The monoisotopic (exact) mass is 315 g/mol. The Bertz CT molecular complexity index is 718. The molecule has 0 aliphatic carbocycles. The Balaban J connectivity index is 1.66. The van der Waals surface area contributed by atoms with E-state index in [9.17, 15) is 9.59 Å². The summed E-state index contributed by atoms with van der Waals surface area (Å²) in [5, 5.41) is 0. The molecule has 7 nitrogen and oxygen atoms in total. The SMILES string of the molecule is Cn1ccnc1CC1CCCN(C(=O)c2cc(C(N)=O)c[nH]2)C1. The molecule has 2 amide bonds. The van der Waals surface area contributed by atoms with E-state index in [0.29, 0.717) is 23.7 Å². The van der Waals surface area contributed by atoms with Gasteiger partial charge in [0, 0.05) is 45.1 Å². The average Bonchev–Trinajstić information content (AvgIpc) is 3.17. The highest BCUT2D eigenvalue weighted by atomic mass is 16.2. The number of nitrogens with one attached hydrogen (secondary N) is 1. The molecule has 122 valence electrons. The summed E-state index contributed by atoms with van der Waals surface area (Å²) in [5.41, 5.74) is 5.97. The molecule has 1 fully saturated rings. The summed E-state index contributed by atoms with van der Waals surface area (Å²) in [6, 6.07) is 1.52. The first-order valence-corrected chi connectivity index (χ1v) is 7.78. The number of imidazole rings is 1. The van der Waals surface area contributed by atoms with Crippen LogP contribution in [0.25, 0.3) is 0 Å². The summed E-state index contributed by atoms with van der Waals surface area (Å²) in [4.78, 5) is 32.8. The zero-order valence-electron chi connectivity index (χ0n) is 13.2. The minimum atomic E-state index is -0.536. The Morgan fingerprint density at radius 2 is 2.30 bits per heavy atom. The summed E-state index contributed by atoms with van der Waals surface area (Å²) in [5.74, 6) is 0.827. The predicted octanol–water partition coefficient (Wildman–Crippen LogP) is 0.942. The van der Waals surface area contributed by atoms with Crippen molar-refractivity contribution in [3.8, 4) is 0 Å². The van der Waals surface area contributed by atoms with Gasteiger partial charge in [0.05, 0.1) is 5.56 Å². The lowest BCUT2D eigenvalue weighted by Gasteiger charge is -2.32. The fourth-order valence-corrected chi connectivity index (χ4v) is 3.10. The van der Waals surface area contributed by atoms with E-state index in [1.165, 1.54) is 12.3 Å². The van der Waals surface area contributed by atoms with Gasteiger partial charge in [0.25, 0.3) is 5.91 Å². The van der Waals surface area contributed by atoms with Crippen molar-refractivity contribution in [1.82, 2.24) is 19.4 Å². The molecule has 1 saturated heterocycles. The molecule has 3 heterocycles. The largest absolute Gasteiger partial charge is 0.366 e. The molecule has 1 aliphatic heterocycles. The number of amides is 2. The van der Waals surface area contributed by atoms with Crippen molar-refractivity contribution < 1.29 is 9.59 Å². The number of aryl methyl sites for hydroxylation is 1. The molecule has 0 radical (unpaired) electrons. The third-order valence-corrected chi connectivity index (χ3v) is 4.40. The zero-order valence-corrected chi connectivity index (χ0v) is 13.2. The normalized spacial score (nSPS) is 18.1. The molecule has 0 spiro atoms. The van der Waals surface area contributed by atoms with Crippen LogP contribution in [-0.4, -0.2) is 44.3 Å². The highest BCUT2D eigenvalue weighted by Crippen LogP contribution is 2.21. The van der Waals surface area contributed by atoms with Crippen LogP contribution < -0.4 is 5.73 Å². The molecule has 0 bridgehead atoms. The van der Waals surface area contributed by atoms with Crippen molar-refractivity contribution in [2.24, 2.45) is 18.7 Å². The van der Waals surface area contributed by atoms with Crippen molar-refractivity contribution >= 4 is 11.8 Å². The standard InChI is InChI=1S/C16H21N5O2/c1-20-6-4-18-14(20)7-11-3-2-5-21(10-11)16(23)13-8-12(9-19-13)15(17)22/h4,6,8-9,11,19H,2-3,5,7,10H2,1H3,(H2,17,22). The van der Waals surface area contributed by atoms with E-state index in [2.05, 4.69) is 9.97 Å². The molecule has 23 heavy (non-hydrogen) atoms. The molecule has 1 atom stereocenters. The first-order chi connectivity index (χ1) is 11.0. The maximum Gasteiger partial charge on any atom is 0.270 e. The van der Waals surface area contributed by atoms with Gasteiger partial charge in [-0.15, -0.1) is 0 Å². The van der Waals surface area contributed by atoms with Crippen molar-refractivity contribution in [2.75, 3.05) is 13.1 Å². The average molecular weight is 315 g/mol. The summed E-state index contributed by atoms with van der Waals surface area (Å²) in [7, 11) is 1.98. The van der Waals surface area contributed by atoms with Crippen LogP contribution in [0, 0.1) is 5.92 Å². The lowest BCUT2D eigenvalue weighted by atomic mass is 9.94. The number of H-pyrrole nitrogens is 1. The highest BCUT2D eigenvalue weighted by molar-refractivity contribution is 5.98. The lowest BCUT2D eigenvalue weighted by molar-refractivity contribution is 0.0666. The molecule has 3 rings (SSSR count). The molecule has 2 aromatic rings. The Hall–Kier alpha value is -2.57. The Morgan fingerprint density at radius 3 is 2.96 bits per heavy atom. The maximum atomic E-state index is 12.6. The molecule has 1 aliphatic rings. The van der Waals surface area contributed by atoms with Crippen LogP contribution in [0.15, 0.2) is 24.7 Å². The van der Waals surface area contributed by atoms with Gasteiger partial charge in [0.1, 0.15) is 11.5 Å². The number of aromatic nitrogens is 3. The minimum Gasteiger partial charge on any atom is -0.366 e. The van der Waals surface area contributed by atoms with Crippen LogP contribution >= 0.6 is 0 Å². The van der Waals surface area contributed by atoms with Gasteiger partial charge < -0.3 is 20.2 Å². The van der Waals surface area contributed by atoms with E-state index in [1.807, 2.05) is 22.7 Å². The van der Waals surface area contributed by atoms with Gasteiger partial charge in [-0.1, -0.05) is 0 Å².